The Morgan fingerprint density at radius 3 is 1.71 bits per heavy atom. The lowest BCUT2D eigenvalue weighted by Crippen LogP contribution is -2.58. The number of carbonyl (C=O) groups is 6. The summed E-state index contributed by atoms with van der Waals surface area (Å²) in [5.74, 6) is 0.658. The Hall–Kier alpha value is -4.52. The molecule has 0 unspecified atom stereocenters. The number of rotatable bonds is 22. The zero-order chi connectivity index (χ0) is 34.5. The molecule has 0 rings (SSSR count). The van der Waals surface area contributed by atoms with Crippen molar-refractivity contribution in [2.24, 2.45) is 50.6 Å². The van der Waals surface area contributed by atoms with Gasteiger partial charge in [-0.05, 0) is 38.0 Å². The van der Waals surface area contributed by atoms with E-state index in [4.69, 9.17) is 28.8 Å². The van der Waals surface area contributed by atoms with Gasteiger partial charge in [0.05, 0.1) is 19.1 Å². The lowest BCUT2D eigenvalue weighted by molar-refractivity contribution is -0.135. The maximum absolute atomic E-state index is 13.4. The molecule has 0 aromatic heterocycles. The Balaban J connectivity index is 5.68. The largest absolute Gasteiger partial charge is 0.394 e. The van der Waals surface area contributed by atoms with Crippen LogP contribution in [0.2, 0.25) is 0 Å². The Bertz CT molecular complexity index is 1050. The minimum absolute atomic E-state index is 0.0295. The molecule has 256 valence electrons. The van der Waals surface area contributed by atoms with Gasteiger partial charge in [0, 0.05) is 19.0 Å². The maximum atomic E-state index is 13.4. The van der Waals surface area contributed by atoms with Gasteiger partial charge in [0.15, 0.2) is 11.9 Å². The molecular formula is C26H50N12O7. The number of aliphatic hydroxyl groups is 1. The first-order valence-corrected chi connectivity index (χ1v) is 14.5. The molecule has 0 aliphatic heterocycles. The molecule has 45 heavy (non-hydrogen) atoms. The molecule has 0 aliphatic carbocycles. The van der Waals surface area contributed by atoms with E-state index in [1.165, 1.54) is 0 Å². The number of aliphatic imine (C=N–C) groups is 2. The minimum atomic E-state index is -1.36. The van der Waals surface area contributed by atoms with E-state index in [-0.39, 0.29) is 43.6 Å². The second-order valence-corrected chi connectivity index (χ2v) is 10.8. The van der Waals surface area contributed by atoms with E-state index in [2.05, 4.69) is 31.3 Å². The number of hydrogen-bond donors (Lipinski definition) is 11. The molecule has 0 spiro atoms. The number of carbonyl (C=O) groups excluding carboxylic acids is 6. The van der Waals surface area contributed by atoms with Crippen molar-refractivity contribution in [2.45, 2.75) is 83.5 Å². The van der Waals surface area contributed by atoms with Gasteiger partial charge >= 0.3 is 0 Å². The van der Waals surface area contributed by atoms with E-state index in [0.717, 1.165) is 0 Å². The van der Waals surface area contributed by atoms with Crippen molar-refractivity contribution in [3.8, 4) is 0 Å². The van der Waals surface area contributed by atoms with E-state index in [1.54, 1.807) is 20.8 Å². The van der Waals surface area contributed by atoms with Crippen LogP contribution in [0.5, 0.6) is 0 Å². The third-order valence-electron chi connectivity index (χ3n) is 6.33. The van der Waals surface area contributed by atoms with Crippen LogP contribution >= 0.6 is 0 Å². The topological polar surface area (TPSA) is 338 Å². The highest BCUT2D eigenvalue weighted by molar-refractivity contribution is 5.95. The van der Waals surface area contributed by atoms with Crippen molar-refractivity contribution in [1.82, 2.24) is 26.7 Å². The molecule has 19 nitrogen and oxygen atoms in total. The van der Waals surface area contributed by atoms with Crippen LogP contribution in [0.3, 0.4) is 0 Å². The van der Waals surface area contributed by atoms with Gasteiger partial charge < -0.3 is 54.1 Å². The Labute approximate surface area is 262 Å². The van der Waals surface area contributed by atoms with Crippen molar-refractivity contribution < 1.29 is 33.9 Å². The molecule has 0 heterocycles. The van der Waals surface area contributed by atoms with Gasteiger partial charge in [-0.1, -0.05) is 20.8 Å². The average Bonchev–Trinajstić information content (AvgIpc) is 2.97. The number of amides is 5. The number of nitrogens with two attached hydrogens (primary N) is 5. The maximum Gasteiger partial charge on any atom is 0.245 e. The van der Waals surface area contributed by atoms with Gasteiger partial charge in [-0.15, -0.1) is 0 Å². The average molecular weight is 643 g/mol. The van der Waals surface area contributed by atoms with Crippen molar-refractivity contribution in [3.05, 3.63) is 0 Å². The summed E-state index contributed by atoms with van der Waals surface area (Å²) in [6.07, 6.45) is 1.25. The first-order chi connectivity index (χ1) is 21.1. The number of hydrogen-bond acceptors (Lipinski definition) is 10. The highest BCUT2D eigenvalue weighted by Crippen LogP contribution is 2.09. The second kappa shape index (κ2) is 22.1. The second-order valence-electron chi connectivity index (χ2n) is 10.8. The van der Waals surface area contributed by atoms with Crippen LogP contribution in [0, 0.1) is 11.8 Å². The number of hydrazine groups is 1. The van der Waals surface area contributed by atoms with E-state index in [9.17, 15) is 33.9 Å². The third-order valence-corrected chi connectivity index (χ3v) is 6.33. The molecule has 0 aromatic rings. The molecule has 0 radical (unpaired) electrons. The monoisotopic (exact) mass is 642 g/mol. The van der Waals surface area contributed by atoms with E-state index in [0.29, 0.717) is 25.7 Å². The summed E-state index contributed by atoms with van der Waals surface area (Å²) < 4.78 is 0. The van der Waals surface area contributed by atoms with Crippen LogP contribution in [0.1, 0.15) is 59.3 Å². The van der Waals surface area contributed by atoms with Crippen LogP contribution in [0.15, 0.2) is 9.98 Å². The van der Waals surface area contributed by atoms with Gasteiger partial charge in [0.2, 0.25) is 29.5 Å². The SMILES string of the molecule is CC(C)C[C@H](NC(=O)[C@H](CO)NC(=O)[C@@H](C)CCCN=C(N)N)C(=O)N[C@@H](CCCN=C(N)N)C(=O)N[C@H](C=O)CC(=O)NN. The molecule has 16 N–H and O–H groups in total. The van der Waals surface area contributed by atoms with E-state index >= 15 is 0 Å². The molecular weight excluding hydrogens is 592 g/mol. The van der Waals surface area contributed by atoms with Crippen LogP contribution in [-0.2, 0) is 28.8 Å². The normalized spacial score (nSPS) is 14.0. The fraction of sp³-hybridized carbons (Fsp3) is 0.692. The highest BCUT2D eigenvalue weighted by Gasteiger charge is 2.31. The predicted octanol–water partition coefficient (Wildman–Crippen LogP) is -4.71. The van der Waals surface area contributed by atoms with Crippen molar-refractivity contribution in [2.75, 3.05) is 19.7 Å². The third kappa shape index (κ3) is 18.0. The molecule has 0 bridgehead atoms. The Kier molecular flexibility index (Phi) is 19.8. The molecule has 0 aliphatic rings. The number of aldehydes is 1. The fourth-order valence-corrected chi connectivity index (χ4v) is 3.94. The number of guanidine groups is 2. The molecule has 0 saturated heterocycles. The lowest BCUT2D eigenvalue weighted by Gasteiger charge is -2.26. The van der Waals surface area contributed by atoms with Gasteiger partial charge in [0.1, 0.15) is 24.4 Å². The fourth-order valence-electron chi connectivity index (χ4n) is 3.94. The lowest BCUT2D eigenvalue weighted by atomic mass is 10.0. The van der Waals surface area contributed by atoms with Crippen molar-refractivity contribution >= 4 is 47.7 Å². The molecule has 0 fully saturated rings. The molecule has 0 saturated carbocycles. The molecule has 0 aromatic carbocycles. The van der Waals surface area contributed by atoms with Gasteiger partial charge in [-0.3, -0.25) is 39.4 Å². The summed E-state index contributed by atoms with van der Waals surface area (Å²) in [5, 5.41) is 19.8. The summed E-state index contributed by atoms with van der Waals surface area (Å²) in [7, 11) is 0. The minimum Gasteiger partial charge on any atom is -0.394 e. The predicted molar refractivity (Wildman–Crippen MR) is 166 cm³/mol. The summed E-state index contributed by atoms with van der Waals surface area (Å²) in [5.41, 5.74) is 23.1. The highest BCUT2D eigenvalue weighted by atomic mass is 16.3. The van der Waals surface area contributed by atoms with Gasteiger partial charge in [0.25, 0.3) is 0 Å². The molecule has 19 heteroatoms. The summed E-state index contributed by atoms with van der Waals surface area (Å²) >= 11 is 0. The Morgan fingerprint density at radius 2 is 1.22 bits per heavy atom. The number of nitrogens with one attached hydrogen (secondary N) is 5. The smallest absolute Gasteiger partial charge is 0.245 e. The van der Waals surface area contributed by atoms with Gasteiger partial charge in [-0.25, -0.2) is 5.84 Å². The van der Waals surface area contributed by atoms with Crippen molar-refractivity contribution in [3.63, 3.8) is 0 Å². The van der Waals surface area contributed by atoms with E-state index in [1.807, 2.05) is 5.43 Å². The quantitative estimate of drug-likeness (QED) is 0.0101. The first-order valence-electron chi connectivity index (χ1n) is 14.5. The van der Waals surface area contributed by atoms with Crippen molar-refractivity contribution in [1.29, 1.82) is 0 Å². The summed E-state index contributed by atoms with van der Waals surface area (Å²) in [6.45, 7) is 4.96. The molecule has 5 amide bonds. The van der Waals surface area contributed by atoms with Crippen LogP contribution < -0.4 is 55.5 Å². The summed E-state index contributed by atoms with van der Waals surface area (Å²) in [4.78, 5) is 82.9. The standard InChI is InChI=1S/C26H50N12O7/c1-14(2)10-18(36-24(45)19(13-40)37-21(42)15(3)6-4-8-32-25(27)28)23(44)35-17(7-5-9-33-26(29)30)22(43)34-16(12-39)11-20(41)38-31/h12,14-19,40H,4-11,13,31H2,1-3H3,(H,34,43)(H,35,44)(H,36,45)(H,37,42)(H,38,41)(H4,27,28,32)(H4,29,30,33)/t15-,16-,17-,18-,19-/m0/s1. The molecule has 5 atom stereocenters. The first kappa shape index (κ1) is 40.5. The van der Waals surface area contributed by atoms with E-state index < -0.39 is 72.6 Å². The zero-order valence-corrected chi connectivity index (χ0v) is 26.1. The van der Waals surface area contributed by atoms with Crippen LogP contribution in [0.25, 0.3) is 0 Å². The van der Waals surface area contributed by atoms with Gasteiger partial charge in [-0.2, -0.15) is 0 Å². The number of aliphatic hydroxyl groups excluding tert-OH is 1. The van der Waals surface area contributed by atoms with Crippen LogP contribution in [0.4, 0.5) is 0 Å². The Morgan fingerprint density at radius 1 is 0.733 bits per heavy atom. The number of nitrogens with zero attached hydrogens (tertiary/aromatic N) is 2. The van der Waals surface area contributed by atoms with Crippen LogP contribution in [-0.4, -0.2) is 96.7 Å². The zero-order valence-electron chi connectivity index (χ0n) is 26.1. The summed E-state index contributed by atoms with van der Waals surface area (Å²) in [6, 6.07) is -4.97.